The Bertz CT molecular complexity index is 492. The van der Waals surface area contributed by atoms with Crippen molar-refractivity contribution in [1.82, 2.24) is 5.32 Å². The second kappa shape index (κ2) is 5.51. The fraction of sp³-hybridized carbons (Fsp3) is 0.250. The Balaban J connectivity index is 1.90. The van der Waals surface area contributed by atoms with E-state index in [1.54, 1.807) is 12.5 Å². The van der Waals surface area contributed by atoms with Gasteiger partial charge in [-0.3, -0.25) is 4.79 Å². The zero-order chi connectivity index (χ0) is 12.3. The SMILES string of the molecule is C[C@H](Cc1ccoc1)NC(=O)c1cc(Br)cs1. The van der Waals surface area contributed by atoms with Gasteiger partial charge in [0.05, 0.1) is 17.4 Å². The zero-order valence-electron chi connectivity index (χ0n) is 9.27. The van der Waals surface area contributed by atoms with Crippen LogP contribution in [-0.4, -0.2) is 11.9 Å². The van der Waals surface area contributed by atoms with E-state index in [9.17, 15) is 4.79 Å². The van der Waals surface area contributed by atoms with Gasteiger partial charge in [-0.2, -0.15) is 0 Å². The second-order valence-corrected chi connectivity index (χ2v) is 5.67. The van der Waals surface area contributed by atoms with E-state index in [4.69, 9.17) is 4.42 Å². The molecule has 0 fully saturated rings. The third-order valence-electron chi connectivity index (χ3n) is 2.29. The van der Waals surface area contributed by atoms with E-state index in [1.807, 2.05) is 24.4 Å². The van der Waals surface area contributed by atoms with Gasteiger partial charge in [-0.15, -0.1) is 11.3 Å². The van der Waals surface area contributed by atoms with Crippen LogP contribution in [0.2, 0.25) is 0 Å². The Kier molecular flexibility index (Phi) is 4.02. The van der Waals surface area contributed by atoms with Gasteiger partial charge in [0, 0.05) is 15.9 Å². The van der Waals surface area contributed by atoms with Gasteiger partial charge in [-0.25, -0.2) is 0 Å². The molecule has 3 nitrogen and oxygen atoms in total. The first-order valence-electron chi connectivity index (χ1n) is 5.21. The number of nitrogens with one attached hydrogen (secondary N) is 1. The zero-order valence-corrected chi connectivity index (χ0v) is 11.7. The Labute approximate surface area is 112 Å². The van der Waals surface area contributed by atoms with Crippen LogP contribution in [0, 0.1) is 0 Å². The molecule has 0 bridgehead atoms. The smallest absolute Gasteiger partial charge is 0.261 e. The Morgan fingerprint density at radius 2 is 2.47 bits per heavy atom. The topological polar surface area (TPSA) is 42.2 Å². The van der Waals surface area contributed by atoms with Crippen molar-refractivity contribution >= 4 is 33.2 Å². The van der Waals surface area contributed by atoms with Crippen LogP contribution in [0.15, 0.2) is 38.9 Å². The molecular formula is C12H12BrNO2S. The second-order valence-electron chi connectivity index (χ2n) is 3.84. The van der Waals surface area contributed by atoms with Crippen LogP contribution in [0.5, 0.6) is 0 Å². The molecular weight excluding hydrogens is 302 g/mol. The predicted octanol–water partition coefficient (Wildman–Crippen LogP) is 3.46. The molecule has 2 heterocycles. The van der Waals surface area contributed by atoms with E-state index < -0.39 is 0 Å². The summed E-state index contributed by atoms with van der Waals surface area (Å²) in [6.07, 6.45) is 4.11. The maximum atomic E-state index is 11.9. The van der Waals surface area contributed by atoms with Crippen molar-refractivity contribution < 1.29 is 9.21 Å². The minimum absolute atomic E-state index is 0.0308. The molecule has 1 atom stereocenters. The normalized spacial score (nSPS) is 12.4. The Morgan fingerprint density at radius 1 is 1.65 bits per heavy atom. The van der Waals surface area contributed by atoms with Crippen LogP contribution in [0.4, 0.5) is 0 Å². The molecule has 1 N–H and O–H groups in total. The number of thiophene rings is 1. The summed E-state index contributed by atoms with van der Waals surface area (Å²) >= 11 is 4.76. The van der Waals surface area contributed by atoms with Gasteiger partial charge in [-0.1, -0.05) is 0 Å². The minimum atomic E-state index is -0.0308. The lowest BCUT2D eigenvalue weighted by Gasteiger charge is -2.11. The number of carbonyl (C=O) groups is 1. The highest BCUT2D eigenvalue weighted by Crippen LogP contribution is 2.19. The first-order valence-corrected chi connectivity index (χ1v) is 6.88. The molecule has 0 aliphatic rings. The number of rotatable bonds is 4. The monoisotopic (exact) mass is 313 g/mol. The van der Waals surface area contributed by atoms with Crippen LogP contribution in [0.3, 0.4) is 0 Å². The van der Waals surface area contributed by atoms with Crippen LogP contribution in [0.25, 0.3) is 0 Å². The molecule has 0 aliphatic carbocycles. The third-order valence-corrected chi connectivity index (χ3v) is 3.98. The summed E-state index contributed by atoms with van der Waals surface area (Å²) in [7, 11) is 0. The highest BCUT2D eigenvalue weighted by molar-refractivity contribution is 9.10. The molecule has 0 aliphatic heterocycles. The quantitative estimate of drug-likeness (QED) is 0.939. The van der Waals surface area contributed by atoms with E-state index in [0.717, 1.165) is 21.3 Å². The van der Waals surface area contributed by atoms with Crippen molar-refractivity contribution in [3.8, 4) is 0 Å². The van der Waals surface area contributed by atoms with Gasteiger partial charge in [0.2, 0.25) is 0 Å². The number of amides is 1. The van der Waals surface area contributed by atoms with E-state index in [-0.39, 0.29) is 11.9 Å². The molecule has 1 amide bonds. The Morgan fingerprint density at radius 3 is 3.06 bits per heavy atom. The summed E-state index contributed by atoms with van der Waals surface area (Å²) in [5.74, 6) is -0.0308. The van der Waals surface area contributed by atoms with Crippen LogP contribution >= 0.6 is 27.3 Å². The molecule has 0 aromatic carbocycles. The highest BCUT2D eigenvalue weighted by atomic mass is 79.9. The minimum Gasteiger partial charge on any atom is -0.472 e. The van der Waals surface area contributed by atoms with Crippen molar-refractivity contribution in [2.45, 2.75) is 19.4 Å². The number of hydrogen-bond donors (Lipinski definition) is 1. The van der Waals surface area contributed by atoms with Crippen molar-refractivity contribution in [2.24, 2.45) is 0 Å². The van der Waals surface area contributed by atoms with Crippen LogP contribution in [0.1, 0.15) is 22.2 Å². The fourth-order valence-electron chi connectivity index (χ4n) is 1.54. The molecule has 2 rings (SSSR count). The molecule has 5 heteroatoms. The fourth-order valence-corrected chi connectivity index (χ4v) is 2.87. The molecule has 0 saturated heterocycles. The van der Waals surface area contributed by atoms with Crippen molar-refractivity contribution in [2.75, 3.05) is 0 Å². The van der Waals surface area contributed by atoms with Gasteiger partial charge in [0.25, 0.3) is 5.91 Å². The van der Waals surface area contributed by atoms with Crippen molar-refractivity contribution in [3.05, 3.63) is 45.0 Å². The molecule has 17 heavy (non-hydrogen) atoms. The summed E-state index contributed by atoms with van der Waals surface area (Å²) in [6.45, 7) is 1.98. The first-order chi connectivity index (χ1) is 8.15. The lowest BCUT2D eigenvalue weighted by atomic mass is 10.1. The molecule has 0 radical (unpaired) electrons. The van der Waals surface area contributed by atoms with E-state index in [2.05, 4.69) is 21.2 Å². The summed E-state index contributed by atoms with van der Waals surface area (Å²) in [4.78, 5) is 12.6. The van der Waals surface area contributed by atoms with Gasteiger partial charge >= 0.3 is 0 Å². The maximum Gasteiger partial charge on any atom is 0.261 e. The molecule has 0 unspecified atom stereocenters. The first kappa shape index (κ1) is 12.4. The molecule has 2 aromatic rings. The maximum absolute atomic E-state index is 11.9. The van der Waals surface area contributed by atoms with Crippen LogP contribution in [-0.2, 0) is 6.42 Å². The third kappa shape index (κ3) is 3.44. The van der Waals surface area contributed by atoms with Crippen molar-refractivity contribution in [3.63, 3.8) is 0 Å². The number of halogens is 1. The summed E-state index contributed by atoms with van der Waals surface area (Å²) in [6, 6.07) is 3.82. The molecule has 0 spiro atoms. The van der Waals surface area contributed by atoms with Gasteiger partial charge in [0.15, 0.2) is 0 Å². The predicted molar refractivity (Wildman–Crippen MR) is 71.4 cm³/mol. The molecule has 90 valence electrons. The average molecular weight is 314 g/mol. The number of carbonyl (C=O) groups excluding carboxylic acids is 1. The summed E-state index contributed by atoms with van der Waals surface area (Å²) in [5.41, 5.74) is 1.09. The summed E-state index contributed by atoms with van der Waals surface area (Å²) < 4.78 is 5.93. The van der Waals surface area contributed by atoms with E-state index in [0.29, 0.717) is 0 Å². The largest absolute Gasteiger partial charge is 0.472 e. The van der Waals surface area contributed by atoms with Gasteiger partial charge in [-0.05, 0) is 47.0 Å². The van der Waals surface area contributed by atoms with E-state index in [1.165, 1.54) is 11.3 Å². The average Bonchev–Trinajstić information content (AvgIpc) is 2.89. The molecule has 0 saturated carbocycles. The number of furan rings is 1. The summed E-state index contributed by atoms with van der Waals surface area (Å²) in [5, 5.41) is 4.86. The molecule has 2 aromatic heterocycles. The van der Waals surface area contributed by atoms with Gasteiger partial charge in [0.1, 0.15) is 0 Å². The standard InChI is InChI=1S/C12H12BrNO2S/c1-8(4-9-2-3-16-6-9)14-12(15)11-5-10(13)7-17-11/h2-3,5-8H,4H2,1H3,(H,14,15)/t8-/m1/s1. The lowest BCUT2D eigenvalue weighted by molar-refractivity contribution is 0.0944. The lowest BCUT2D eigenvalue weighted by Crippen LogP contribution is -2.33. The number of hydrogen-bond acceptors (Lipinski definition) is 3. The van der Waals surface area contributed by atoms with Gasteiger partial charge < -0.3 is 9.73 Å². The Hall–Kier alpha value is -1.07. The highest BCUT2D eigenvalue weighted by Gasteiger charge is 2.12. The van der Waals surface area contributed by atoms with Crippen LogP contribution < -0.4 is 5.32 Å². The van der Waals surface area contributed by atoms with Crippen molar-refractivity contribution in [1.29, 1.82) is 0 Å². The van der Waals surface area contributed by atoms with E-state index >= 15 is 0 Å².